The predicted octanol–water partition coefficient (Wildman–Crippen LogP) is 3.90. The number of hydrogen-bond acceptors (Lipinski definition) is 3. The average Bonchev–Trinajstić information content (AvgIpc) is 3.05. The van der Waals surface area contributed by atoms with Crippen LogP contribution in [0, 0.1) is 6.92 Å². The van der Waals surface area contributed by atoms with E-state index in [1.165, 1.54) is 0 Å². The van der Waals surface area contributed by atoms with E-state index in [-0.39, 0.29) is 5.91 Å². The zero-order valence-corrected chi connectivity index (χ0v) is 17.4. The minimum Gasteiger partial charge on any atom is -0.491 e. The van der Waals surface area contributed by atoms with Crippen LogP contribution in [0.3, 0.4) is 0 Å². The number of piperazine rings is 1. The smallest absolute Gasteiger partial charge is 0.227 e. The molecule has 1 N–H and O–H groups in total. The monoisotopic (exact) mass is 411 g/mol. The number of nitrogens with one attached hydrogen (secondary N) is 1. The molecule has 4 rings (SSSR count). The van der Waals surface area contributed by atoms with E-state index in [0.29, 0.717) is 18.1 Å². The summed E-state index contributed by atoms with van der Waals surface area (Å²) in [5.74, 6) is 0.918. The summed E-state index contributed by atoms with van der Waals surface area (Å²) in [5.41, 5.74) is 3.28. The van der Waals surface area contributed by atoms with Crippen LogP contribution in [0.4, 0.5) is 0 Å². The highest BCUT2D eigenvalue weighted by molar-refractivity contribution is 6.32. The van der Waals surface area contributed by atoms with E-state index in [1.54, 1.807) is 0 Å². The second-order valence-electron chi connectivity index (χ2n) is 7.45. The van der Waals surface area contributed by atoms with Crippen molar-refractivity contribution in [2.24, 2.45) is 0 Å². The maximum atomic E-state index is 12.9. The van der Waals surface area contributed by atoms with Crippen LogP contribution in [0.25, 0.3) is 10.9 Å². The summed E-state index contributed by atoms with van der Waals surface area (Å²) in [5, 5.41) is 1.78. The van der Waals surface area contributed by atoms with Crippen LogP contribution in [-0.2, 0) is 11.2 Å². The van der Waals surface area contributed by atoms with Crippen LogP contribution in [0.5, 0.6) is 5.75 Å². The number of carbonyl (C=O) groups excluding carboxylic acids is 1. The van der Waals surface area contributed by atoms with Gasteiger partial charge in [0.05, 0.1) is 11.4 Å². The third kappa shape index (κ3) is 4.57. The van der Waals surface area contributed by atoms with Crippen LogP contribution in [0.15, 0.2) is 48.5 Å². The first-order valence-corrected chi connectivity index (χ1v) is 10.4. The summed E-state index contributed by atoms with van der Waals surface area (Å²) in [6.45, 7) is 6.70. The Balaban J connectivity index is 1.26. The Bertz CT molecular complexity index is 993. The lowest BCUT2D eigenvalue weighted by molar-refractivity contribution is -0.132. The first-order chi connectivity index (χ1) is 14.1. The van der Waals surface area contributed by atoms with Gasteiger partial charge in [0, 0.05) is 49.3 Å². The molecule has 1 amide bonds. The molecule has 2 heterocycles. The number of amides is 1. The van der Waals surface area contributed by atoms with Gasteiger partial charge in [-0.1, -0.05) is 41.9 Å². The number of rotatable bonds is 6. The number of nitrogens with zero attached hydrogens (tertiary/aromatic N) is 2. The van der Waals surface area contributed by atoms with Gasteiger partial charge in [-0.3, -0.25) is 9.69 Å². The number of aromatic nitrogens is 1. The van der Waals surface area contributed by atoms with Gasteiger partial charge in [-0.2, -0.15) is 0 Å². The lowest BCUT2D eigenvalue weighted by Gasteiger charge is -2.34. The summed E-state index contributed by atoms with van der Waals surface area (Å²) < 4.78 is 5.78. The molecule has 3 aromatic rings. The van der Waals surface area contributed by atoms with E-state index in [2.05, 4.69) is 22.0 Å². The standard InChI is InChI=1S/C23H26ClN3O2/c1-17-19(18-6-2-4-8-21(18)25-17)16-23(28)27-12-10-26(11-13-27)14-15-29-22-9-5-3-7-20(22)24/h2-9,25H,10-16H2,1H3. The number of para-hydroxylation sites is 2. The zero-order chi connectivity index (χ0) is 20.2. The average molecular weight is 412 g/mol. The van der Waals surface area contributed by atoms with Crippen molar-refractivity contribution in [2.75, 3.05) is 39.3 Å². The Kier molecular flexibility index (Phi) is 6.07. The van der Waals surface area contributed by atoms with Crippen LogP contribution in [-0.4, -0.2) is 60.0 Å². The van der Waals surface area contributed by atoms with Gasteiger partial charge in [-0.05, 0) is 30.7 Å². The lowest BCUT2D eigenvalue weighted by atomic mass is 10.1. The van der Waals surface area contributed by atoms with E-state index in [9.17, 15) is 4.79 Å². The molecule has 0 aliphatic carbocycles. The third-order valence-electron chi connectivity index (χ3n) is 5.58. The van der Waals surface area contributed by atoms with Gasteiger partial charge in [0.1, 0.15) is 12.4 Å². The molecule has 152 valence electrons. The van der Waals surface area contributed by atoms with Gasteiger partial charge in [0.15, 0.2) is 0 Å². The molecule has 6 heteroatoms. The number of halogens is 1. The molecule has 0 saturated carbocycles. The molecule has 2 aromatic carbocycles. The molecular weight excluding hydrogens is 386 g/mol. The lowest BCUT2D eigenvalue weighted by Crippen LogP contribution is -2.50. The SMILES string of the molecule is Cc1[nH]c2ccccc2c1CC(=O)N1CCN(CCOc2ccccc2Cl)CC1. The Morgan fingerprint density at radius 2 is 1.79 bits per heavy atom. The quantitative estimate of drug-likeness (QED) is 0.669. The predicted molar refractivity (Wildman–Crippen MR) is 117 cm³/mol. The van der Waals surface area contributed by atoms with E-state index >= 15 is 0 Å². The van der Waals surface area contributed by atoms with Crippen molar-refractivity contribution in [2.45, 2.75) is 13.3 Å². The second-order valence-corrected chi connectivity index (χ2v) is 7.86. The molecular formula is C23H26ClN3O2. The number of hydrogen-bond donors (Lipinski definition) is 1. The van der Waals surface area contributed by atoms with E-state index in [4.69, 9.17) is 16.3 Å². The molecule has 0 unspecified atom stereocenters. The zero-order valence-electron chi connectivity index (χ0n) is 16.7. The van der Waals surface area contributed by atoms with E-state index in [1.807, 2.05) is 48.2 Å². The fourth-order valence-electron chi connectivity index (χ4n) is 3.89. The van der Waals surface area contributed by atoms with Gasteiger partial charge >= 0.3 is 0 Å². The summed E-state index contributed by atoms with van der Waals surface area (Å²) in [6, 6.07) is 15.7. The number of aromatic amines is 1. The Hall–Kier alpha value is -2.50. The molecule has 0 bridgehead atoms. The minimum atomic E-state index is 0.199. The largest absolute Gasteiger partial charge is 0.491 e. The highest BCUT2D eigenvalue weighted by Crippen LogP contribution is 2.24. The molecule has 5 nitrogen and oxygen atoms in total. The molecule has 0 radical (unpaired) electrons. The number of fused-ring (bicyclic) bond motifs is 1. The fourth-order valence-corrected chi connectivity index (χ4v) is 4.08. The number of H-pyrrole nitrogens is 1. The second kappa shape index (κ2) is 8.89. The van der Waals surface area contributed by atoms with Gasteiger partial charge < -0.3 is 14.6 Å². The van der Waals surface area contributed by atoms with Crippen LogP contribution in [0.1, 0.15) is 11.3 Å². The maximum absolute atomic E-state index is 12.9. The van der Waals surface area contributed by atoms with Gasteiger partial charge in [-0.15, -0.1) is 0 Å². The van der Waals surface area contributed by atoms with Crippen LogP contribution in [0.2, 0.25) is 5.02 Å². The third-order valence-corrected chi connectivity index (χ3v) is 5.89. The van der Waals surface area contributed by atoms with Crippen molar-refractivity contribution < 1.29 is 9.53 Å². The topological polar surface area (TPSA) is 48.6 Å². The van der Waals surface area contributed by atoms with Crippen LogP contribution < -0.4 is 4.74 Å². The molecule has 0 spiro atoms. The minimum absolute atomic E-state index is 0.199. The molecule has 1 aliphatic heterocycles. The molecule has 29 heavy (non-hydrogen) atoms. The molecule has 1 saturated heterocycles. The van der Waals surface area contributed by atoms with E-state index in [0.717, 1.165) is 60.6 Å². The summed E-state index contributed by atoms with van der Waals surface area (Å²) in [7, 11) is 0. The van der Waals surface area contributed by atoms with Crippen molar-refractivity contribution >= 4 is 28.4 Å². The number of ether oxygens (including phenoxy) is 1. The first-order valence-electron chi connectivity index (χ1n) is 10.1. The summed E-state index contributed by atoms with van der Waals surface area (Å²) in [4.78, 5) is 20.5. The molecule has 1 aliphatic rings. The van der Waals surface area contributed by atoms with Crippen molar-refractivity contribution in [3.63, 3.8) is 0 Å². The normalized spacial score (nSPS) is 15.0. The van der Waals surface area contributed by atoms with Gasteiger partial charge in [0.2, 0.25) is 5.91 Å². The summed E-state index contributed by atoms with van der Waals surface area (Å²) >= 11 is 6.12. The first kappa shape index (κ1) is 19.8. The summed E-state index contributed by atoms with van der Waals surface area (Å²) in [6.07, 6.45) is 0.450. The van der Waals surface area contributed by atoms with Gasteiger partial charge in [0.25, 0.3) is 0 Å². The van der Waals surface area contributed by atoms with Gasteiger partial charge in [-0.25, -0.2) is 0 Å². The Morgan fingerprint density at radius 3 is 2.59 bits per heavy atom. The fraction of sp³-hybridized carbons (Fsp3) is 0.348. The number of aryl methyl sites for hydroxylation is 1. The highest BCUT2D eigenvalue weighted by Gasteiger charge is 2.22. The van der Waals surface area contributed by atoms with E-state index < -0.39 is 0 Å². The molecule has 1 aromatic heterocycles. The number of carbonyl (C=O) groups is 1. The molecule has 0 atom stereocenters. The van der Waals surface area contributed by atoms with Crippen molar-refractivity contribution in [1.29, 1.82) is 0 Å². The van der Waals surface area contributed by atoms with Crippen LogP contribution >= 0.6 is 11.6 Å². The molecule has 1 fully saturated rings. The van der Waals surface area contributed by atoms with Crippen molar-refractivity contribution in [3.05, 3.63) is 64.8 Å². The van der Waals surface area contributed by atoms with Crippen molar-refractivity contribution in [1.82, 2.24) is 14.8 Å². The number of benzene rings is 2. The highest BCUT2D eigenvalue weighted by atomic mass is 35.5. The Labute approximate surface area is 176 Å². The Morgan fingerprint density at radius 1 is 1.07 bits per heavy atom. The maximum Gasteiger partial charge on any atom is 0.227 e. The van der Waals surface area contributed by atoms with Crippen molar-refractivity contribution in [3.8, 4) is 5.75 Å².